The first-order chi connectivity index (χ1) is 5.85. The Morgan fingerprint density at radius 2 is 2.00 bits per heavy atom. The van der Waals surface area contributed by atoms with Crippen molar-refractivity contribution < 1.29 is 13.2 Å². The molecule has 0 aromatic heterocycles. The second-order valence-corrected chi connectivity index (χ2v) is 3.42. The molecule has 0 rings (SSSR count). The molecule has 13 heavy (non-hydrogen) atoms. The van der Waals surface area contributed by atoms with E-state index in [1.165, 1.54) is 0 Å². The topological polar surface area (TPSA) is 26.0 Å². The van der Waals surface area contributed by atoms with Crippen molar-refractivity contribution >= 4 is 0 Å². The number of rotatable bonds is 5. The van der Waals surface area contributed by atoms with Gasteiger partial charge in [0, 0.05) is 6.42 Å². The van der Waals surface area contributed by atoms with Gasteiger partial charge in [-0.25, -0.2) is 0 Å². The van der Waals surface area contributed by atoms with E-state index in [2.05, 4.69) is 6.58 Å². The molecule has 0 radical (unpaired) electrons. The summed E-state index contributed by atoms with van der Waals surface area (Å²) in [5.41, 5.74) is 6.23. The van der Waals surface area contributed by atoms with Crippen molar-refractivity contribution in [3.63, 3.8) is 0 Å². The fourth-order valence-corrected chi connectivity index (χ4v) is 1.16. The van der Waals surface area contributed by atoms with E-state index in [1.54, 1.807) is 6.92 Å². The fourth-order valence-electron chi connectivity index (χ4n) is 1.16. The normalized spacial score (nSPS) is 14.2. The van der Waals surface area contributed by atoms with E-state index in [1.807, 2.05) is 0 Å². The van der Waals surface area contributed by atoms with Gasteiger partial charge >= 0.3 is 6.18 Å². The van der Waals surface area contributed by atoms with Gasteiger partial charge in [-0.1, -0.05) is 5.57 Å². The fraction of sp³-hybridized carbons (Fsp3) is 0.778. The molecule has 1 atom stereocenters. The van der Waals surface area contributed by atoms with Gasteiger partial charge in [0.15, 0.2) is 0 Å². The lowest BCUT2D eigenvalue weighted by Gasteiger charge is -2.15. The predicted molar refractivity (Wildman–Crippen MR) is 47.3 cm³/mol. The molecule has 0 heterocycles. The van der Waals surface area contributed by atoms with E-state index < -0.39 is 12.6 Å². The smallest absolute Gasteiger partial charge is 0.330 e. The van der Waals surface area contributed by atoms with Crippen molar-refractivity contribution in [2.75, 3.05) is 6.54 Å². The Morgan fingerprint density at radius 1 is 1.46 bits per heavy atom. The zero-order chi connectivity index (χ0) is 10.5. The Labute approximate surface area is 76.8 Å². The van der Waals surface area contributed by atoms with Gasteiger partial charge in [-0.15, -0.1) is 6.58 Å². The van der Waals surface area contributed by atoms with Crippen molar-refractivity contribution in [1.29, 1.82) is 0 Å². The summed E-state index contributed by atoms with van der Waals surface area (Å²) >= 11 is 0. The molecule has 0 aromatic rings. The first-order valence-electron chi connectivity index (χ1n) is 4.26. The quantitative estimate of drug-likeness (QED) is 0.671. The number of hydrogen-bond donors (Lipinski definition) is 1. The Hall–Kier alpha value is -0.510. The van der Waals surface area contributed by atoms with Crippen molar-refractivity contribution in [3.05, 3.63) is 12.2 Å². The van der Waals surface area contributed by atoms with E-state index in [4.69, 9.17) is 5.73 Å². The minimum absolute atomic E-state index is 0.0841. The van der Waals surface area contributed by atoms with Gasteiger partial charge in [-0.3, -0.25) is 0 Å². The van der Waals surface area contributed by atoms with Crippen LogP contribution in [0.1, 0.15) is 26.2 Å². The third-order valence-corrected chi connectivity index (χ3v) is 1.81. The highest BCUT2D eigenvalue weighted by atomic mass is 19.4. The summed E-state index contributed by atoms with van der Waals surface area (Å²) in [5, 5.41) is 0. The standard InChI is InChI=1S/C9H16F3N/c1-7(2)5-8(6-13)3-4-9(10,11)12/h8H,1,3-6,13H2,2H3. The van der Waals surface area contributed by atoms with Crippen LogP contribution < -0.4 is 5.73 Å². The van der Waals surface area contributed by atoms with Crippen LogP contribution in [0.4, 0.5) is 13.2 Å². The summed E-state index contributed by atoms with van der Waals surface area (Å²) in [4.78, 5) is 0. The third-order valence-electron chi connectivity index (χ3n) is 1.81. The molecule has 0 bridgehead atoms. The van der Waals surface area contributed by atoms with Gasteiger partial charge in [0.25, 0.3) is 0 Å². The van der Waals surface area contributed by atoms with E-state index in [-0.39, 0.29) is 12.3 Å². The van der Waals surface area contributed by atoms with Crippen LogP contribution in [-0.2, 0) is 0 Å². The molecule has 1 nitrogen and oxygen atoms in total. The van der Waals surface area contributed by atoms with Crippen LogP contribution in [0.5, 0.6) is 0 Å². The average molecular weight is 195 g/mol. The second-order valence-electron chi connectivity index (χ2n) is 3.42. The monoisotopic (exact) mass is 195 g/mol. The minimum Gasteiger partial charge on any atom is -0.330 e. The van der Waals surface area contributed by atoms with Gasteiger partial charge in [-0.05, 0) is 32.2 Å². The Bertz CT molecular complexity index is 163. The Kier molecular flexibility index (Phi) is 5.06. The van der Waals surface area contributed by atoms with Crippen LogP contribution >= 0.6 is 0 Å². The third kappa shape index (κ3) is 7.84. The first kappa shape index (κ1) is 12.5. The maximum absolute atomic E-state index is 11.8. The summed E-state index contributed by atoms with van der Waals surface area (Å²) < 4.78 is 35.5. The number of alkyl halides is 3. The molecule has 0 amide bonds. The van der Waals surface area contributed by atoms with E-state index in [0.717, 1.165) is 5.57 Å². The molecule has 0 aliphatic carbocycles. The van der Waals surface area contributed by atoms with Crippen LogP contribution in [0, 0.1) is 5.92 Å². The van der Waals surface area contributed by atoms with Crippen molar-refractivity contribution in [3.8, 4) is 0 Å². The molecule has 78 valence electrons. The molecule has 0 aromatic carbocycles. The number of allylic oxidation sites excluding steroid dienone is 1. The van der Waals surface area contributed by atoms with Crippen LogP contribution in [0.3, 0.4) is 0 Å². The lowest BCUT2D eigenvalue weighted by molar-refractivity contribution is -0.137. The molecule has 0 aliphatic rings. The molecular formula is C9H16F3N. The van der Waals surface area contributed by atoms with Gasteiger partial charge in [0.1, 0.15) is 0 Å². The number of nitrogens with two attached hydrogens (primary N) is 1. The molecule has 0 spiro atoms. The molecule has 2 N–H and O–H groups in total. The van der Waals surface area contributed by atoms with Crippen molar-refractivity contribution in [1.82, 2.24) is 0 Å². The molecule has 0 aliphatic heterocycles. The summed E-state index contributed by atoms with van der Waals surface area (Å²) in [7, 11) is 0. The van der Waals surface area contributed by atoms with Crippen molar-refractivity contribution in [2.45, 2.75) is 32.4 Å². The predicted octanol–water partition coefficient (Wildman–Crippen LogP) is 2.87. The van der Waals surface area contributed by atoms with Crippen LogP contribution in [0.15, 0.2) is 12.2 Å². The zero-order valence-corrected chi connectivity index (χ0v) is 7.82. The van der Waals surface area contributed by atoms with E-state index in [9.17, 15) is 13.2 Å². The molecule has 1 unspecified atom stereocenters. The maximum Gasteiger partial charge on any atom is 0.389 e. The summed E-state index contributed by atoms with van der Waals surface area (Å²) in [5.74, 6) is -0.0841. The maximum atomic E-state index is 11.8. The number of hydrogen-bond acceptors (Lipinski definition) is 1. The minimum atomic E-state index is -4.07. The molecule has 0 saturated heterocycles. The molecule has 0 fully saturated rings. The van der Waals surface area contributed by atoms with Gasteiger partial charge in [0.05, 0.1) is 0 Å². The van der Waals surface area contributed by atoms with Crippen LogP contribution in [-0.4, -0.2) is 12.7 Å². The summed E-state index contributed by atoms with van der Waals surface area (Å²) in [6, 6.07) is 0. The lowest BCUT2D eigenvalue weighted by Crippen LogP contribution is -2.18. The van der Waals surface area contributed by atoms with Gasteiger partial charge < -0.3 is 5.73 Å². The largest absolute Gasteiger partial charge is 0.389 e. The van der Waals surface area contributed by atoms with Crippen LogP contribution in [0.25, 0.3) is 0 Å². The number of halogens is 3. The molecule has 0 saturated carbocycles. The van der Waals surface area contributed by atoms with Gasteiger partial charge in [0.2, 0.25) is 0 Å². The highest BCUT2D eigenvalue weighted by Crippen LogP contribution is 2.25. The van der Waals surface area contributed by atoms with Gasteiger partial charge in [-0.2, -0.15) is 13.2 Å². The second kappa shape index (κ2) is 5.27. The average Bonchev–Trinajstić information content (AvgIpc) is 1.95. The Balaban J connectivity index is 3.79. The molecular weight excluding hydrogens is 179 g/mol. The zero-order valence-electron chi connectivity index (χ0n) is 7.82. The van der Waals surface area contributed by atoms with E-state index >= 15 is 0 Å². The van der Waals surface area contributed by atoms with Crippen molar-refractivity contribution in [2.24, 2.45) is 11.7 Å². The van der Waals surface area contributed by atoms with E-state index in [0.29, 0.717) is 13.0 Å². The first-order valence-corrected chi connectivity index (χ1v) is 4.26. The van der Waals surface area contributed by atoms with Crippen LogP contribution in [0.2, 0.25) is 0 Å². The highest BCUT2D eigenvalue weighted by Gasteiger charge is 2.27. The molecule has 4 heteroatoms. The lowest BCUT2D eigenvalue weighted by atomic mass is 9.96. The Morgan fingerprint density at radius 3 is 2.31 bits per heavy atom. The summed E-state index contributed by atoms with van der Waals surface area (Å²) in [6.07, 6.45) is -4.12. The summed E-state index contributed by atoms with van der Waals surface area (Å²) in [6.45, 7) is 5.75. The SMILES string of the molecule is C=C(C)CC(CN)CCC(F)(F)F. The highest BCUT2D eigenvalue weighted by molar-refractivity contribution is 4.90.